The number of nitrogens with zero attached hydrogens (tertiary/aromatic N) is 1. The average molecular weight is 232 g/mol. The zero-order chi connectivity index (χ0) is 12.3. The molecule has 2 nitrogen and oxygen atoms in total. The summed E-state index contributed by atoms with van der Waals surface area (Å²) in [4.78, 5) is 2.30. The second-order valence-corrected chi connectivity index (χ2v) is 5.17. The Balaban J connectivity index is 2.17. The van der Waals surface area contributed by atoms with Crippen molar-refractivity contribution < 1.29 is 0 Å². The molecule has 0 radical (unpaired) electrons. The van der Waals surface area contributed by atoms with Crippen molar-refractivity contribution in [3.05, 3.63) is 34.9 Å². The molecule has 1 N–H and O–H groups in total. The largest absolute Gasteiger partial charge is 0.315 e. The number of rotatable bonds is 5. The number of aryl methyl sites for hydroxylation is 2. The molecule has 0 bridgehead atoms. The van der Waals surface area contributed by atoms with E-state index in [4.69, 9.17) is 0 Å². The molecule has 0 amide bonds. The average Bonchev–Trinajstić information content (AvgIpc) is 2.76. The van der Waals surface area contributed by atoms with E-state index in [2.05, 4.69) is 49.4 Å². The van der Waals surface area contributed by atoms with Gasteiger partial charge >= 0.3 is 0 Å². The van der Waals surface area contributed by atoms with Crippen LogP contribution in [-0.2, 0) is 12.8 Å². The second-order valence-electron chi connectivity index (χ2n) is 5.17. The molecule has 0 heterocycles. The maximum absolute atomic E-state index is 3.45. The molecule has 17 heavy (non-hydrogen) atoms. The first kappa shape index (κ1) is 12.6. The zero-order valence-electron chi connectivity index (χ0n) is 11.3. The first-order valence-corrected chi connectivity index (χ1v) is 6.71. The lowest BCUT2D eigenvalue weighted by atomic mass is 10.0. The highest BCUT2D eigenvalue weighted by molar-refractivity contribution is 5.36. The van der Waals surface area contributed by atoms with Gasteiger partial charge in [0.15, 0.2) is 0 Å². The smallest absolute Gasteiger partial charge is 0.0466 e. The molecule has 1 aromatic rings. The summed E-state index contributed by atoms with van der Waals surface area (Å²) in [6.45, 7) is 4.23. The minimum Gasteiger partial charge on any atom is -0.315 e. The fourth-order valence-corrected chi connectivity index (χ4v) is 2.68. The highest BCUT2D eigenvalue weighted by Gasteiger charge is 2.17. The monoisotopic (exact) mass is 232 g/mol. The minimum absolute atomic E-state index is 0.487. The van der Waals surface area contributed by atoms with Gasteiger partial charge in [-0.1, -0.05) is 25.1 Å². The van der Waals surface area contributed by atoms with Crippen molar-refractivity contribution in [2.24, 2.45) is 0 Å². The molecule has 0 saturated carbocycles. The molecular formula is C15H24N2. The molecule has 2 rings (SSSR count). The Kier molecular flexibility index (Phi) is 4.19. The van der Waals surface area contributed by atoms with Crippen molar-refractivity contribution >= 4 is 0 Å². The topological polar surface area (TPSA) is 15.3 Å². The van der Waals surface area contributed by atoms with Crippen molar-refractivity contribution in [3.63, 3.8) is 0 Å². The highest BCUT2D eigenvalue weighted by Crippen LogP contribution is 2.26. The van der Waals surface area contributed by atoms with Gasteiger partial charge in [-0.2, -0.15) is 0 Å². The number of benzene rings is 1. The van der Waals surface area contributed by atoms with E-state index in [0.29, 0.717) is 6.04 Å². The molecule has 1 atom stereocenters. The Morgan fingerprint density at radius 2 is 2.00 bits per heavy atom. The van der Waals surface area contributed by atoms with E-state index in [1.807, 2.05) is 0 Å². The van der Waals surface area contributed by atoms with E-state index >= 15 is 0 Å². The molecule has 2 heteroatoms. The lowest BCUT2D eigenvalue weighted by molar-refractivity contribution is 0.290. The summed E-state index contributed by atoms with van der Waals surface area (Å²) in [6, 6.07) is 7.55. The number of nitrogens with one attached hydrogen (secondary N) is 1. The van der Waals surface area contributed by atoms with Crippen molar-refractivity contribution in [2.75, 3.05) is 27.2 Å². The first-order chi connectivity index (χ1) is 8.22. The predicted molar refractivity (Wildman–Crippen MR) is 73.4 cm³/mol. The first-order valence-electron chi connectivity index (χ1n) is 6.71. The molecule has 0 aromatic heterocycles. The van der Waals surface area contributed by atoms with E-state index < -0.39 is 0 Å². The predicted octanol–water partition coefficient (Wildman–Crippen LogP) is 2.39. The van der Waals surface area contributed by atoms with E-state index in [1.54, 1.807) is 11.1 Å². The SMILES string of the molecule is CCNCC(c1ccc2c(c1)CCC2)N(C)C. The molecule has 1 aromatic carbocycles. The Morgan fingerprint density at radius 1 is 1.24 bits per heavy atom. The summed E-state index contributed by atoms with van der Waals surface area (Å²) in [5, 5.41) is 3.45. The van der Waals surface area contributed by atoms with Crippen LogP contribution in [0.15, 0.2) is 18.2 Å². The maximum Gasteiger partial charge on any atom is 0.0466 e. The van der Waals surface area contributed by atoms with Crippen LogP contribution in [0.1, 0.15) is 36.1 Å². The van der Waals surface area contributed by atoms with Crippen LogP contribution in [-0.4, -0.2) is 32.1 Å². The third-order valence-electron chi connectivity index (χ3n) is 3.72. The second kappa shape index (κ2) is 5.65. The van der Waals surface area contributed by atoms with Gasteiger partial charge in [-0.05, 0) is 56.6 Å². The molecule has 0 saturated heterocycles. The summed E-state index contributed by atoms with van der Waals surface area (Å²) >= 11 is 0. The van der Waals surface area contributed by atoms with Gasteiger partial charge < -0.3 is 10.2 Å². The van der Waals surface area contributed by atoms with Crippen molar-refractivity contribution in [1.29, 1.82) is 0 Å². The van der Waals surface area contributed by atoms with Gasteiger partial charge in [-0.15, -0.1) is 0 Å². The summed E-state index contributed by atoms with van der Waals surface area (Å²) in [7, 11) is 4.32. The molecule has 1 aliphatic carbocycles. The van der Waals surface area contributed by atoms with Crippen LogP contribution in [0, 0.1) is 0 Å². The summed E-state index contributed by atoms with van der Waals surface area (Å²) in [5.41, 5.74) is 4.59. The lowest BCUT2D eigenvalue weighted by Gasteiger charge is -2.25. The van der Waals surface area contributed by atoms with Crippen LogP contribution in [0.25, 0.3) is 0 Å². The van der Waals surface area contributed by atoms with Gasteiger partial charge in [0.25, 0.3) is 0 Å². The molecule has 0 spiro atoms. The van der Waals surface area contributed by atoms with Crippen LogP contribution in [0.2, 0.25) is 0 Å². The van der Waals surface area contributed by atoms with Crippen molar-refractivity contribution in [2.45, 2.75) is 32.2 Å². The Morgan fingerprint density at radius 3 is 2.71 bits per heavy atom. The maximum atomic E-state index is 3.45. The summed E-state index contributed by atoms with van der Waals surface area (Å²) in [5.74, 6) is 0. The molecule has 1 aliphatic rings. The number of fused-ring (bicyclic) bond motifs is 1. The normalized spacial score (nSPS) is 16.2. The third kappa shape index (κ3) is 2.88. The molecule has 1 unspecified atom stereocenters. The van der Waals surface area contributed by atoms with Crippen LogP contribution in [0.4, 0.5) is 0 Å². The zero-order valence-corrected chi connectivity index (χ0v) is 11.3. The van der Waals surface area contributed by atoms with Crippen molar-refractivity contribution in [3.8, 4) is 0 Å². The quantitative estimate of drug-likeness (QED) is 0.838. The molecule has 94 valence electrons. The lowest BCUT2D eigenvalue weighted by Crippen LogP contribution is -2.31. The van der Waals surface area contributed by atoms with E-state index in [0.717, 1.165) is 13.1 Å². The number of likely N-dealkylation sites (N-methyl/N-ethyl adjacent to an activating group) is 2. The minimum atomic E-state index is 0.487. The summed E-state index contributed by atoms with van der Waals surface area (Å²) in [6.07, 6.45) is 3.87. The van der Waals surface area contributed by atoms with E-state index in [9.17, 15) is 0 Å². The molecule has 0 fully saturated rings. The van der Waals surface area contributed by atoms with Gasteiger partial charge in [0.2, 0.25) is 0 Å². The van der Waals surface area contributed by atoms with Crippen LogP contribution in [0.3, 0.4) is 0 Å². The third-order valence-corrected chi connectivity index (χ3v) is 3.72. The van der Waals surface area contributed by atoms with E-state index in [-0.39, 0.29) is 0 Å². The van der Waals surface area contributed by atoms with Crippen LogP contribution < -0.4 is 5.32 Å². The summed E-state index contributed by atoms with van der Waals surface area (Å²) < 4.78 is 0. The van der Waals surface area contributed by atoms with Gasteiger partial charge in [0, 0.05) is 12.6 Å². The van der Waals surface area contributed by atoms with Gasteiger partial charge in [-0.25, -0.2) is 0 Å². The van der Waals surface area contributed by atoms with Crippen LogP contribution >= 0.6 is 0 Å². The number of hydrogen-bond donors (Lipinski definition) is 1. The van der Waals surface area contributed by atoms with Gasteiger partial charge in [0.05, 0.1) is 0 Å². The molecular weight excluding hydrogens is 208 g/mol. The fraction of sp³-hybridized carbons (Fsp3) is 0.600. The van der Waals surface area contributed by atoms with E-state index in [1.165, 1.54) is 24.8 Å². The van der Waals surface area contributed by atoms with Crippen molar-refractivity contribution in [1.82, 2.24) is 10.2 Å². The number of hydrogen-bond acceptors (Lipinski definition) is 2. The molecule has 0 aliphatic heterocycles. The van der Waals surface area contributed by atoms with Crippen LogP contribution in [0.5, 0.6) is 0 Å². The highest BCUT2D eigenvalue weighted by atomic mass is 15.1. The fourth-order valence-electron chi connectivity index (χ4n) is 2.68. The standard InChI is InChI=1S/C15H24N2/c1-4-16-11-15(17(2)3)14-9-8-12-6-5-7-13(12)10-14/h8-10,15-16H,4-7,11H2,1-3H3. The Hall–Kier alpha value is -0.860. The van der Waals surface area contributed by atoms with Gasteiger partial charge in [0.1, 0.15) is 0 Å². The Labute approximate surface area is 105 Å². The Bertz CT molecular complexity index is 371. The van der Waals surface area contributed by atoms with Gasteiger partial charge in [-0.3, -0.25) is 0 Å².